The molecule has 1 amide bonds. The molecule has 2 fully saturated rings. The van der Waals surface area contributed by atoms with E-state index in [-0.39, 0.29) is 23.2 Å². The topological polar surface area (TPSA) is 94.5 Å². The molecule has 0 saturated carbocycles. The number of nitrogens with zero attached hydrogens (tertiary/aromatic N) is 2. The first-order chi connectivity index (χ1) is 16.5. The summed E-state index contributed by atoms with van der Waals surface area (Å²) in [6.07, 6.45) is -4.87. The molecule has 2 atom stereocenters. The third-order valence-electron chi connectivity index (χ3n) is 5.44. The maximum absolute atomic E-state index is 12.8. The average Bonchev–Trinajstić information content (AvgIpc) is 3.23. The van der Waals surface area contributed by atoms with Gasteiger partial charge in [-0.2, -0.15) is 4.99 Å². The van der Waals surface area contributed by atoms with E-state index < -0.39 is 33.9 Å². The van der Waals surface area contributed by atoms with Crippen LogP contribution in [0.2, 0.25) is 0 Å². The van der Waals surface area contributed by atoms with E-state index >= 15 is 0 Å². The molecule has 188 valence electrons. The fraction of sp³-hybridized carbons (Fsp3) is 0.364. The lowest BCUT2D eigenvalue weighted by Crippen LogP contribution is -2.37. The molecule has 0 N–H and O–H groups in total. The Balaban J connectivity index is 1.60. The third-order valence-corrected chi connectivity index (χ3v) is 8.65. The quantitative estimate of drug-likeness (QED) is 0.561. The molecule has 13 heteroatoms. The van der Waals surface area contributed by atoms with Crippen molar-refractivity contribution in [1.29, 1.82) is 0 Å². The number of methoxy groups -OCH3 is 2. The van der Waals surface area contributed by atoms with Gasteiger partial charge in [-0.15, -0.1) is 13.2 Å². The molecule has 0 aromatic heterocycles. The molecule has 2 aromatic carbocycles. The van der Waals surface area contributed by atoms with Crippen LogP contribution >= 0.6 is 11.8 Å². The van der Waals surface area contributed by atoms with Crippen LogP contribution in [-0.4, -0.2) is 62.9 Å². The summed E-state index contributed by atoms with van der Waals surface area (Å²) in [7, 11) is -0.315. The minimum absolute atomic E-state index is 0.0375. The Bertz CT molecular complexity index is 1250. The summed E-state index contributed by atoms with van der Waals surface area (Å²) in [5.41, 5.74) is 1.05. The van der Waals surface area contributed by atoms with E-state index in [0.29, 0.717) is 27.9 Å². The third kappa shape index (κ3) is 5.84. The molecule has 4 rings (SSSR count). The average molecular weight is 531 g/mol. The number of alkyl halides is 3. The first kappa shape index (κ1) is 25.2. The molecule has 0 spiro atoms. The summed E-state index contributed by atoms with van der Waals surface area (Å²) < 4.78 is 76.3. The second-order valence-corrected chi connectivity index (χ2v) is 11.2. The van der Waals surface area contributed by atoms with Gasteiger partial charge in [0.25, 0.3) is 5.91 Å². The van der Waals surface area contributed by atoms with Crippen LogP contribution in [0.1, 0.15) is 5.56 Å². The summed E-state index contributed by atoms with van der Waals surface area (Å²) in [5.74, 6) is -0.121. The Labute approximate surface area is 204 Å². The molecule has 2 aliphatic rings. The molecular weight excluding hydrogens is 509 g/mol. The standard InChI is InChI=1S/C22H21F3N2O6S2/c1-31-17-8-3-13(9-18(17)32-2)10-20(28)26-21-27(16-11-35(29,30)12-19(16)34-21)14-4-6-15(7-5-14)33-22(23,24)25/h3-9,16,19H,10-12H2,1-2H3/t16-,19+/m0/s1. The Hall–Kier alpha value is -2.93. The zero-order valence-electron chi connectivity index (χ0n) is 18.6. The van der Waals surface area contributed by atoms with Gasteiger partial charge in [-0.25, -0.2) is 8.42 Å². The summed E-state index contributed by atoms with van der Waals surface area (Å²) in [4.78, 5) is 18.6. The van der Waals surface area contributed by atoms with Gasteiger partial charge in [0.05, 0.1) is 38.2 Å². The highest BCUT2D eigenvalue weighted by atomic mass is 32.2. The molecule has 2 aromatic rings. The second kappa shape index (κ2) is 9.61. The lowest BCUT2D eigenvalue weighted by atomic mass is 10.1. The van der Waals surface area contributed by atoms with Crippen molar-refractivity contribution in [2.45, 2.75) is 24.1 Å². The Morgan fingerprint density at radius 1 is 1.09 bits per heavy atom. The van der Waals surface area contributed by atoms with Gasteiger partial charge in [-0.1, -0.05) is 17.8 Å². The van der Waals surface area contributed by atoms with Gasteiger partial charge >= 0.3 is 6.36 Å². The number of amides is 1. The highest BCUT2D eigenvalue weighted by Crippen LogP contribution is 2.41. The molecule has 0 aliphatic carbocycles. The number of anilines is 1. The fourth-order valence-electron chi connectivity index (χ4n) is 3.99. The fourth-order valence-corrected chi connectivity index (χ4v) is 7.92. The van der Waals surface area contributed by atoms with Gasteiger partial charge in [0.1, 0.15) is 5.75 Å². The molecule has 8 nitrogen and oxygen atoms in total. The molecule has 2 aliphatic heterocycles. The Kier molecular flexibility index (Phi) is 6.91. The van der Waals surface area contributed by atoms with Crippen LogP contribution in [0, 0.1) is 0 Å². The number of carbonyl (C=O) groups is 1. The molecule has 2 saturated heterocycles. The van der Waals surface area contributed by atoms with E-state index in [1.54, 1.807) is 23.1 Å². The Morgan fingerprint density at radius 3 is 2.40 bits per heavy atom. The van der Waals surface area contributed by atoms with Crippen LogP contribution in [-0.2, 0) is 21.1 Å². The predicted molar refractivity (Wildman–Crippen MR) is 125 cm³/mol. The van der Waals surface area contributed by atoms with Gasteiger partial charge in [0.2, 0.25) is 0 Å². The maximum atomic E-state index is 12.8. The second-order valence-electron chi connectivity index (χ2n) is 7.87. The summed E-state index contributed by atoms with van der Waals surface area (Å²) in [5, 5.41) is -0.0522. The Morgan fingerprint density at radius 2 is 1.77 bits per heavy atom. The zero-order chi connectivity index (χ0) is 25.4. The predicted octanol–water partition coefficient (Wildman–Crippen LogP) is 3.45. The number of halogens is 3. The monoisotopic (exact) mass is 530 g/mol. The van der Waals surface area contributed by atoms with Crippen molar-refractivity contribution in [2.24, 2.45) is 4.99 Å². The number of hydrogen-bond acceptors (Lipinski definition) is 7. The van der Waals surface area contributed by atoms with Gasteiger partial charge in [-0.05, 0) is 42.0 Å². The van der Waals surface area contributed by atoms with E-state index in [1.807, 2.05) is 0 Å². The number of rotatable bonds is 6. The molecule has 0 bridgehead atoms. The number of hydrogen-bond donors (Lipinski definition) is 0. The van der Waals surface area contributed by atoms with E-state index in [0.717, 1.165) is 12.1 Å². The van der Waals surface area contributed by atoms with Crippen LogP contribution in [0.3, 0.4) is 0 Å². The molecule has 35 heavy (non-hydrogen) atoms. The highest BCUT2D eigenvalue weighted by Gasteiger charge is 2.49. The van der Waals surface area contributed by atoms with Crippen molar-refractivity contribution in [2.75, 3.05) is 30.6 Å². The minimum atomic E-state index is -4.83. The van der Waals surface area contributed by atoms with Crippen LogP contribution in [0.5, 0.6) is 17.2 Å². The van der Waals surface area contributed by atoms with E-state index in [4.69, 9.17) is 9.47 Å². The van der Waals surface area contributed by atoms with E-state index in [1.165, 1.54) is 38.1 Å². The normalized spacial score (nSPS) is 22.2. The number of carbonyl (C=O) groups excluding carboxylic acids is 1. The van der Waals surface area contributed by atoms with Crippen molar-refractivity contribution in [3.8, 4) is 17.2 Å². The van der Waals surface area contributed by atoms with Gasteiger partial charge in [-0.3, -0.25) is 4.79 Å². The highest BCUT2D eigenvalue weighted by molar-refractivity contribution is 8.16. The van der Waals surface area contributed by atoms with Crippen molar-refractivity contribution < 1.29 is 40.6 Å². The SMILES string of the molecule is COc1ccc(CC(=O)N=C2S[C@@H]3CS(=O)(=O)C[C@@H]3N2c2ccc(OC(F)(F)F)cc2)cc1OC. The minimum Gasteiger partial charge on any atom is -0.493 e. The number of thioether (sulfide) groups is 1. The van der Waals surface area contributed by atoms with E-state index in [2.05, 4.69) is 9.73 Å². The number of sulfone groups is 1. The molecule has 0 unspecified atom stereocenters. The van der Waals surface area contributed by atoms with Crippen molar-refractivity contribution in [3.63, 3.8) is 0 Å². The summed E-state index contributed by atoms with van der Waals surface area (Å²) in [6.45, 7) is 0. The lowest BCUT2D eigenvalue weighted by molar-refractivity contribution is -0.274. The van der Waals surface area contributed by atoms with Crippen LogP contribution in [0.25, 0.3) is 0 Å². The number of aliphatic imine (C=N–C) groups is 1. The zero-order valence-corrected chi connectivity index (χ0v) is 20.2. The smallest absolute Gasteiger partial charge is 0.493 e. The largest absolute Gasteiger partial charge is 0.573 e. The number of ether oxygens (including phenoxy) is 3. The lowest BCUT2D eigenvalue weighted by Gasteiger charge is -2.24. The molecule has 2 heterocycles. The van der Waals surface area contributed by atoms with Gasteiger partial charge < -0.3 is 19.1 Å². The van der Waals surface area contributed by atoms with Gasteiger partial charge in [0.15, 0.2) is 26.5 Å². The number of fused-ring (bicyclic) bond motifs is 1. The summed E-state index contributed by atoms with van der Waals surface area (Å²) >= 11 is 1.17. The number of amidine groups is 1. The first-order valence-corrected chi connectivity index (χ1v) is 13.0. The van der Waals surface area contributed by atoms with Crippen molar-refractivity contribution in [1.82, 2.24) is 0 Å². The van der Waals surface area contributed by atoms with Crippen LogP contribution < -0.4 is 19.1 Å². The van der Waals surface area contributed by atoms with Crippen molar-refractivity contribution >= 4 is 38.4 Å². The molecule has 0 radical (unpaired) electrons. The van der Waals surface area contributed by atoms with Crippen molar-refractivity contribution in [3.05, 3.63) is 48.0 Å². The summed E-state index contributed by atoms with van der Waals surface area (Å²) in [6, 6.07) is 9.57. The van der Waals surface area contributed by atoms with Crippen LogP contribution in [0.4, 0.5) is 18.9 Å². The number of benzene rings is 2. The first-order valence-electron chi connectivity index (χ1n) is 10.3. The van der Waals surface area contributed by atoms with Gasteiger partial charge in [0, 0.05) is 10.9 Å². The maximum Gasteiger partial charge on any atom is 0.573 e. The molecular formula is C22H21F3N2O6S2. The van der Waals surface area contributed by atoms with Crippen LogP contribution in [0.15, 0.2) is 47.5 Å². The van der Waals surface area contributed by atoms with E-state index in [9.17, 15) is 26.4 Å².